The van der Waals surface area contributed by atoms with E-state index in [1.807, 2.05) is 0 Å². The smallest absolute Gasteiger partial charge is 0.350 e. The molecule has 4 rings (SSSR count). The minimum atomic E-state index is -4.81. The SMILES string of the molecule is O=C(NCCNC(=O)c1cn(-c2ccccc2)nc1C(F)(F)F)c1cnc2ccccc2n1. The minimum Gasteiger partial charge on any atom is -0.350 e. The maximum atomic E-state index is 13.4. The number of para-hydroxylation sites is 3. The van der Waals surface area contributed by atoms with Gasteiger partial charge in [0.1, 0.15) is 5.69 Å². The molecular weight excluding hydrogens is 437 g/mol. The molecule has 0 spiro atoms. The third kappa shape index (κ3) is 4.97. The second-order valence-electron chi connectivity index (χ2n) is 6.93. The van der Waals surface area contributed by atoms with Gasteiger partial charge in [-0.1, -0.05) is 30.3 Å². The number of fused-ring (bicyclic) bond motifs is 1. The van der Waals surface area contributed by atoms with Crippen LogP contribution in [0.4, 0.5) is 13.2 Å². The Balaban J connectivity index is 1.39. The largest absolute Gasteiger partial charge is 0.435 e. The molecular formula is C22H17F3N6O2. The summed E-state index contributed by atoms with van der Waals surface area (Å²) >= 11 is 0. The van der Waals surface area contributed by atoms with E-state index in [0.717, 1.165) is 10.9 Å². The average molecular weight is 454 g/mol. The number of aromatic nitrogens is 4. The average Bonchev–Trinajstić information content (AvgIpc) is 3.28. The number of carbonyl (C=O) groups excluding carboxylic acids is 2. The molecule has 2 N–H and O–H groups in total. The second-order valence-corrected chi connectivity index (χ2v) is 6.93. The van der Waals surface area contributed by atoms with E-state index in [9.17, 15) is 22.8 Å². The Kier molecular flexibility index (Phi) is 6.03. The summed E-state index contributed by atoms with van der Waals surface area (Å²) in [6, 6.07) is 15.2. The molecule has 0 fully saturated rings. The van der Waals surface area contributed by atoms with Crippen molar-refractivity contribution in [1.82, 2.24) is 30.4 Å². The van der Waals surface area contributed by atoms with Crippen molar-refractivity contribution in [2.45, 2.75) is 6.18 Å². The molecule has 0 unspecified atom stereocenters. The summed E-state index contributed by atoms with van der Waals surface area (Å²) in [5.41, 5.74) is -0.252. The molecule has 0 saturated heterocycles. The second kappa shape index (κ2) is 9.07. The van der Waals surface area contributed by atoms with Gasteiger partial charge in [-0.05, 0) is 24.3 Å². The molecule has 0 aliphatic rings. The number of amides is 2. The quantitative estimate of drug-likeness (QED) is 0.436. The summed E-state index contributed by atoms with van der Waals surface area (Å²) in [4.78, 5) is 33.0. The van der Waals surface area contributed by atoms with Crippen LogP contribution in [0.15, 0.2) is 67.0 Å². The maximum Gasteiger partial charge on any atom is 0.435 e. The van der Waals surface area contributed by atoms with E-state index in [2.05, 4.69) is 25.7 Å². The summed E-state index contributed by atoms with van der Waals surface area (Å²) in [5, 5.41) is 8.46. The highest BCUT2D eigenvalue weighted by Gasteiger charge is 2.39. The number of nitrogens with zero attached hydrogens (tertiary/aromatic N) is 4. The lowest BCUT2D eigenvalue weighted by atomic mass is 10.2. The van der Waals surface area contributed by atoms with Gasteiger partial charge in [0.15, 0.2) is 5.69 Å². The lowest BCUT2D eigenvalue weighted by Gasteiger charge is -2.08. The fraction of sp³-hybridized carbons (Fsp3) is 0.136. The van der Waals surface area contributed by atoms with Crippen LogP contribution < -0.4 is 10.6 Å². The highest BCUT2D eigenvalue weighted by Crippen LogP contribution is 2.31. The normalized spacial score (nSPS) is 11.4. The topological polar surface area (TPSA) is 102 Å². The van der Waals surface area contributed by atoms with Crippen LogP contribution in [0.1, 0.15) is 26.5 Å². The number of nitrogens with one attached hydrogen (secondary N) is 2. The fourth-order valence-electron chi connectivity index (χ4n) is 3.07. The van der Waals surface area contributed by atoms with Crippen molar-refractivity contribution in [3.63, 3.8) is 0 Å². The van der Waals surface area contributed by atoms with Crippen LogP contribution in [0.2, 0.25) is 0 Å². The van der Waals surface area contributed by atoms with Crippen molar-refractivity contribution in [1.29, 1.82) is 0 Å². The molecule has 33 heavy (non-hydrogen) atoms. The summed E-state index contributed by atoms with van der Waals surface area (Å²) in [6.07, 6.45) is -2.46. The van der Waals surface area contributed by atoms with Gasteiger partial charge >= 0.3 is 6.18 Å². The number of hydrogen-bond acceptors (Lipinski definition) is 5. The fourth-order valence-corrected chi connectivity index (χ4v) is 3.07. The molecule has 8 nitrogen and oxygen atoms in total. The molecule has 0 atom stereocenters. The van der Waals surface area contributed by atoms with Crippen molar-refractivity contribution >= 4 is 22.8 Å². The molecule has 11 heteroatoms. The third-order valence-electron chi connectivity index (χ3n) is 4.63. The highest BCUT2D eigenvalue weighted by molar-refractivity contribution is 5.96. The highest BCUT2D eigenvalue weighted by atomic mass is 19.4. The van der Waals surface area contributed by atoms with Gasteiger partial charge in [-0.15, -0.1) is 0 Å². The minimum absolute atomic E-state index is 0.0206. The van der Waals surface area contributed by atoms with Gasteiger partial charge in [-0.2, -0.15) is 18.3 Å². The first-order valence-electron chi connectivity index (χ1n) is 9.83. The van der Waals surface area contributed by atoms with E-state index in [-0.39, 0.29) is 18.8 Å². The van der Waals surface area contributed by atoms with E-state index in [4.69, 9.17) is 0 Å². The first kappa shape index (κ1) is 21.9. The molecule has 2 amide bonds. The van der Waals surface area contributed by atoms with Gasteiger partial charge < -0.3 is 10.6 Å². The predicted molar refractivity (Wildman–Crippen MR) is 113 cm³/mol. The molecule has 0 bridgehead atoms. The third-order valence-corrected chi connectivity index (χ3v) is 4.63. The van der Waals surface area contributed by atoms with Gasteiger partial charge in [0.25, 0.3) is 11.8 Å². The number of rotatable bonds is 6. The van der Waals surface area contributed by atoms with Crippen molar-refractivity contribution in [2.75, 3.05) is 13.1 Å². The molecule has 2 aromatic heterocycles. The first-order valence-corrected chi connectivity index (χ1v) is 9.83. The molecule has 2 aromatic carbocycles. The van der Waals surface area contributed by atoms with Gasteiger partial charge in [-0.25, -0.2) is 9.67 Å². The zero-order chi connectivity index (χ0) is 23.4. The summed E-state index contributed by atoms with van der Waals surface area (Å²) in [6.45, 7) is -0.118. The Bertz CT molecular complexity index is 1300. The lowest BCUT2D eigenvalue weighted by Crippen LogP contribution is -2.35. The van der Waals surface area contributed by atoms with Crippen molar-refractivity contribution in [2.24, 2.45) is 0 Å². The molecule has 0 radical (unpaired) electrons. The number of carbonyl (C=O) groups is 2. The summed E-state index contributed by atoms with van der Waals surface area (Å²) in [5.74, 6) is -1.47. The van der Waals surface area contributed by atoms with Gasteiger partial charge in [0.2, 0.25) is 0 Å². The number of halogens is 3. The predicted octanol–water partition coefficient (Wildman–Crippen LogP) is 2.99. The van der Waals surface area contributed by atoms with Crippen LogP contribution in [0, 0.1) is 0 Å². The molecule has 0 aliphatic heterocycles. The maximum absolute atomic E-state index is 13.4. The van der Waals surface area contributed by atoms with Gasteiger partial charge in [-0.3, -0.25) is 14.6 Å². The number of alkyl halides is 3. The zero-order valence-corrected chi connectivity index (χ0v) is 17.0. The van der Waals surface area contributed by atoms with E-state index < -0.39 is 29.2 Å². The lowest BCUT2D eigenvalue weighted by molar-refractivity contribution is -0.141. The Morgan fingerprint density at radius 1 is 0.879 bits per heavy atom. The molecule has 2 heterocycles. The first-order chi connectivity index (χ1) is 15.8. The van der Waals surface area contributed by atoms with E-state index in [1.54, 1.807) is 54.6 Å². The molecule has 4 aromatic rings. The zero-order valence-electron chi connectivity index (χ0n) is 17.0. The van der Waals surface area contributed by atoms with Crippen molar-refractivity contribution in [3.05, 3.63) is 83.9 Å². The van der Waals surface area contributed by atoms with Crippen LogP contribution in [-0.4, -0.2) is 44.7 Å². The number of hydrogen-bond donors (Lipinski definition) is 2. The van der Waals surface area contributed by atoms with Crippen LogP contribution in [0.5, 0.6) is 0 Å². The van der Waals surface area contributed by atoms with Gasteiger partial charge in [0, 0.05) is 19.3 Å². The van der Waals surface area contributed by atoms with Crippen molar-refractivity contribution in [3.8, 4) is 5.69 Å². The van der Waals surface area contributed by atoms with Crippen LogP contribution >= 0.6 is 0 Å². The molecule has 0 aliphatic carbocycles. The number of benzene rings is 2. The standard InChI is InChI=1S/C22H17F3N6O2/c23-22(24,25)19-15(13-31(30-19)14-6-2-1-3-7-14)20(32)26-10-11-27-21(33)18-12-28-16-8-4-5-9-17(16)29-18/h1-9,12-13H,10-11H2,(H,26,32)(H,27,33). The monoisotopic (exact) mass is 454 g/mol. The Labute approximate surface area is 185 Å². The van der Waals surface area contributed by atoms with E-state index in [0.29, 0.717) is 16.7 Å². The summed E-state index contributed by atoms with van der Waals surface area (Å²) < 4.78 is 41.2. The van der Waals surface area contributed by atoms with E-state index in [1.165, 1.54) is 6.20 Å². The molecule has 168 valence electrons. The van der Waals surface area contributed by atoms with Crippen LogP contribution in [0.3, 0.4) is 0 Å². The van der Waals surface area contributed by atoms with E-state index >= 15 is 0 Å². The van der Waals surface area contributed by atoms with Crippen LogP contribution in [-0.2, 0) is 6.18 Å². The molecule has 0 saturated carbocycles. The van der Waals surface area contributed by atoms with Crippen molar-refractivity contribution < 1.29 is 22.8 Å². The Morgan fingerprint density at radius 2 is 1.52 bits per heavy atom. The summed E-state index contributed by atoms with van der Waals surface area (Å²) in [7, 11) is 0. The van der Waals surface area contributed by atoms with Crippen LogP contribution in [0.25, 0.3) is 16.7 Å². The Morgan fingerprint density at radius 3 is 2.21 bits per heavy atom. The van der Waals surface area contributed by atoms with Gasteiger partial charge in [0.05, 0.1) is 28.5 Å². The Hall–Kier alpha value is -4.28.